The van der Waals surface area contributed by atoms with Gasteiger partial charge in [-0.05, 0) is 24.1 Å². The summed E-state index contributed by atoms with van der Waals surface area (Å²) in [4.78, 5) is 5.06. The van der Waals surface area contributed by atoms with E-state index in [1.165, 1.54) is 19.6 Å². The minimum Gasteiger partial charge on any atom is -0.492 e. The second-order valence-electron chi connectivity index (χ2n) is 5.84. The van der Waals surface area contributed by atoms with Gasteiger partial charge in [-0.25, -0.2) is 0 Å². The largest absolute Gasteiger partial charge is 0.492 e. The highest BCUT2D eigenvalue weighted by atomic mass is 79.9. The summed E-state index contributed by atoms with van der Waals surface area (Å²) in [7, 11) is 0. The Morgan fingerprint density at radius 2 is 1.85 bits per heavy atom. The molecule has 2 rings (SSSR count). The highest BCUT2D eigenvalue weighted by molar-refractivity contribution is 9.10. The molecule has 4 heteroatoms. The Balaban J connectivity index is 1.64. The van der Waals surface area contributed by atoms with Gasteiger partial charge < -0.3 is 9.64 Å². The van der Waals surface area contributed by atoms with Crippen molar-refractivity contribution >= 4 is 15.9 Å². The molecule has 1 heterocycles. The third kappa shape index (κ3) is 5.43. The maximum absolute atomic E-state index is 5.80. The molecule has 3 nitrogen and oxygen atoms in total. The average Bonchev–Trinajstić information content (AvgIpc) is 2.40. The molecule has 0 radical (unpaired) electrons. The number of ether oxygens (including phenoxy) is 1. The zero-order chi connectivity index (χ0) is 14.4. The Labute approximate surface area is 131 Å². The second-order valence-corrected chi connectivity index (χ2v) is 6.76. The molecule has 1 aliphatic heterocycles. The number of hydrogen-bond acceptors (Lipinski definition) is 3. The molecule has 0 bridgehead atoms. The summed E-state index contributed by atoms with van der Waals surface area (Å²) in [5.41, 5.74) is 0. The van der Waals surface area contributed by atoms with E-state index in [0.29, 0.717) is 0 Å². The van der Waals surface area contributed by atoms with Crippen LogP contribution in [0.25, 0.3) is 0 Å². The monoisotopic (exact) mass is 340 g/mol. The molecule has 112 valence electrons. The normalized spacial score (nSPS) is 17.6. The van der Waals surface area contributed by atoms with Gasteiger partial charge in [0.05, 0.1) is 0 Å². The van der Waals surface area contributed by atoms with Crippen molar-refractivity contribution in [3.05, 3.63) is 28.7 Å². The lowest BCUT2D eigenvalue weighted by Crippen LogP contribution is -2.48. The van der Waals surface area contributed by atoms with E-state index in [9.17, 15) is 0 Å². The van der Waals surface area contributed by atoms with Crippen molar-refractivity contribution in [2.24, 2.45) is 5.92 Å². The van der Waals surface area contributed by atoms with Crippen molar-refractivity contribution in [2.45, 2.75) is 13.8 Å². The van der Waals surface area contributed by atoms with Crippen LogP contribution in [0.3, 0.4) is 0 Å². The number of rotatable bonds is 6. The van der Waals surface area contributed by atoms with Crippen LogP contribution >= 0.6 is 15.9 Å². The first kappa shape index (κ1) is 15.8. The number of benzene rings is 1. The maximum Gasteiger partial charge on any atom is 0.120 e. The molecule has 1 fully saturated rings. The lowest BCUT2D eigenvalue weighted by atomic mass is 10.2. The molecule has 0 aromatic heterocycles. The van der Waals surface area contributed by atoms with Gasteiger partial charge in [-0.15, -0.1) is 0 Å². The molecule has 0 unspecified atom stereocenters. The molecule has 0 atom stereocenters. The Morgan fingerprint density at radius 3 is 2.50 bits per heavy atom. The van der Waals surface area contributed by atoms with E-state index < -0.39 is 0 Å². The fourth-order valence-electron chi connectivity index (χ4n) is 2.56. The summed E-state index contributed by atoms with van der Waals surface area (Å²) in [5, 5.41) is 0. The van der Waals surface area contributed by atoms with Gasteiger partial charge in [0.25, 0.3) is 0 Å². The van der Waals surface area contributed by atoms with E-state index in [-0.39, 0.29) is 0 Å². The van der Waals surface area contributed by atoms with Crippen LogP contribution in [0.1, 0.15) is 13.8 Å². The van der Waals surface area contributed by atoms with Crippen LogP contribution in [0.15, 0.2) is 28.7 Å². The van der Waals surface area contributed by atoms with E-state index in [2.05, 4.69) is 39.6 Å². The summed E-state index contributed by atoms with van der Waals surface area (Å²) in [5.74, 6) is 1.71. The molecule has 20 heavy (non-hydrogen) atoms. The number of halogens is 1. The molecule has 0 aliphatic carbocycles. The van der Waals surface area contributed by atoms with Crippen LogP contribution in [0, 0.1) is 5.92 Å². The summed E-state index contributed by atoms with van der Waals surface area (Å²) in [6, 6.07) is 8.04. The highest BCUT2D eigenvalue weighted by Gasteiger charge is 2.16. The van der Waals surface area contributed by atoms with Gasteiger partial charge in [-0.3, -0.25) is 4.90 Å². The first-order chi connectivity index (χ1) is 9.63. The third-order valence-electron chi connectivity index (χ3n) is 3.56. The number of nitrogens with zero attached hydrogens (tertiary/aromatic N) is 2. The van der Waals surface area contributed by atoms with Crippen molar-refractivity contribution in [1.82, 2.24) is 9.80 Å². The van der Waals surface area contributed by atoms with Gasteiger partial charge in [0.2, 0.25) is 0 Å². The van der Waals surface area contributed by atoms with Crippen LogP contribution in [0.5, 0.6) is 5.75 Å². The predicted molar refractivity (Wildman–Crippen MR) is 87.4 cm³/mol. The zero-order valence-electron chi connectivity index (χ0n) is 12.5. The topological polar surface area (TPSA) is 15.7 Å². The van der Waals surface area contributed by atoms with Gasteiger partial charge in [-0.1, -0.05) is 35.8 Å². The minimum atomic E-state index is 0.765. The summed E-state index contributed by atoms with van der Waals surface area (Å²) in [6.45, 7) is 12.3. The van der Waals surface area contributed by atoms with Crippen LogP contribution in [0.2, 0.25) is 0 Å². The minimum absolute atomic E-state index is 0.765. The molecule has 0 amide bonds. The molecule has 0 N–H and O–H groups in total. The molecule has 1 saturated heterocycles. The van der Waals surface area contributed by atoms with E-state index in [1.807, 2.05) is 24.3 Å². The highest BCUT2D eigenvalue weighted by Crippen LogP contribution is 2.17. The Morgan fingerprint density at radius 1 is 1.15 bits per heavy atom. The van der Waals surface area contributed by atoms with Crippen molar-refractivity contribution in [1.29, 1.82) is 0 Å². The predicted octanol–water partition coefficient (Wildman–Crippen LogP) is 3.10. The fraction of sp³-hybridized carbons (Fsp3) is 0.625. The van der Waals surface area contributed by atoms with Crippen molar-refractivity contribution in [3.8, 4) is 5.75 Å². The lowest BCUT2D eigenvalue weighted by molar-refractivity contribution is 0.109. The molecule has 1 aromatic carbocycles. The summed E-state index contributed by atoms with van der Waals surface area (Å²) < 4.78 is 6.86. The smallest absolute Gasteiger partial charge is 0.120 e. The lowest BCUT2D eigenvalue weighted by Gasteiger charge is -2.35. The average molecular weight is 341 g/mol. The first-order valence-corrected chi connectivity index (χ1v) is 8.26. The molecule has 0 saturated carbocycles. The maximum atomic E-state index is 5.80. The number of hydrogen-bond donors (Lipinski definition) is 0. The quantitative estimate of drug-likeness (QED) is 0.791. The number of piperazine rings is 1. The Bertz CT molecular complexity index is 403. The fourth-order valence-corrected chi connectivity index (χ4v) is 2.94. The van der Waals surface area contributed by atoms with Crippen LogP contribution in [0.4, 0.5) is 0 Å². The van der Waals surface area contributed by atoms with Crippen molar-refractivity contribution in [2.75, 3.05) is 45.9 Å². The molecule has 1 aliphatic rings. The molecular formula is C16H25BrN2O. The van der Waals surface area contributed by atoms with Gasteiger partial charge in [0, 0.05) is 43.7 Å². The zero-order valence-corrected chi connectivity index (χ0v) is 14.1. The Hall–Kier alpha value is -0.580. The van der Waals surface area contributed by atoms with Crippen LogP contribution in [-0.2, 0) is 0 Å². The van der Waals surface area contributed by atoms with Gasteiger partial charge in [0.15, 0.2) is 0 Å². The van der Waals surface area contributed by atoms with Crippen molar-refractivity contribution in [3.63, 3.8) is 0 Å². The van der Waals surface area contributed by atoms with E-state index in [0.717, 1.165) is 42.4 Å². The second kappa shape index (κ2) is 8.01. The third-order valence-corrected chi connectivity index (χ3v) is 4.05. The van der Waals surface area contributed by atoms with E-state index in [1.54, 1.807) is 0 Å². The van der Waals surface area contributed by atoms with E-state index in [4.69, 9.17) is 4.74 Å². The van der Waals surface area contributed by atoms with Crippen LogP contribution in [-0.4, -0.2) is 55.7 Å². The van der Waals surface area contributed by atoms with Gasteiger partial charge in [-0.2, -0.15) is 0 Å². The van der Waals surface area contributed by atoms with Crippen molar-refractivity contribution < 1.29 is 4.74 Å². The van der Waals surface area contributed by atoms with E-state index >= 15 is 0 Å². The van der Waals surface area contributed by atoms with Gasteiger partial charge in [0.1, 0.15) is 12.4 Å². The first-order valence-electron chi connectivity index (χ1n) is 7.46. The van der Waals surface area contributed by atoms with Gasteiger partial charge >= 0.3 is 0 Å². The molecule has 1 aromatic rings. The Kier molecular flexibility index (Phi) is 6.33. The summed E-state index contributed by atoms with van der Waals surface area (Å²) in [6.07, 6.45) is 0. The standard InChI is InChI=1S/C16H25BrN2O/c1-14(2)13-19-8-6-18(7-9-19)10-11-20-16-5-3-4-15(17)12-16/h3-5,12,14H,6-11,13H2,1-2H3. The van der Waals surface area contributed by atoms with Crippen LogP contribution < -0.4 is 4.74 Å². The SMILES string of the molecule is CC(C)CN1CCN(CCOc2cccc(Br)c2)CC1. The molecular weight excluding hydrogens is 316 g/mol. The summed E-state index contributed by atoms with van der Waals surface area (Å²) >= 11 is 3.46. The molecule has 0 spiro atoms.